The number of nitrogens with zero attached hydrogens (tertiary/aromatic N) is 1. The van der Waals surface area contributed by atoms with Gasteiger partial charge in [-0.05, 0) is 23.3 Å². The number of carbonyl (C=O) groups excluding carboxylic acids is 1. The number of Topliss-reactive ketones (excluding diaryl/α,β-unsaturated/α-hetero) is 1. The lowest BCUT2D eigenvalue weighted by atomic mass is 10.0. The highest BCUT2D eigenvalue weighted by atomic mass is 32.2. The van der Waals surface area contributed by atoms with E-state index in [1.165, 1.54) is 0 Å². The molecule has 1 saturated heterocycles. The number of nitrogens with one attached hydrogen (secondary N) is 2. The lowest BCUT2D eigenvalue weighted by Crippen LogP contribution is -2.34. The standard InChI is InChI=1S/C24H21N3O2S/c28-23(20-15-30-24(27-20)17-8-5-11-25-12-17)19-13-26-22-18(19)9-4-10-21(22)29-14-16-6-2-1-3-7-16/h1-13,20,24,26-27H,14-15H2/t20-,24-/m0/s1. The zero-order valence-electron chi connectivity index (χ0n) is 16.2. The number of benzene rings is 2. The van der Waals surface area contributed by atoms with Crippen molar-refractivity contribution in [3.63, 3.8) is 0 Å². The number of fused-ring (bicyclic) bond motifs is 1. The summed E-state index contributed by atoms with van der Waals surface area (Å²) in [4.78, 5) is 20.7. The summed E-state index contributed by atoms with van der Waals surface area (Å²) in [6.45, 7) is 0.482. The third-order valence-corrected chi connectivity index (χ3v) is 6.53. The Morgan fingerprint density at radius 2 is 2.00 bits per heavy atom. The van der Waals surface area contributed by atoms with E-state index in [-0.39, 0.29) is 17.2 Å². The van der Waals surface area contributed by atoms with Gasteiger partial charge in [-0.2, -0.15) is 0 Å². The monoisotopic (exact) mass is 415 g/mol. The van der Waals surface area contributed by atoms with Crippen LogP contribution in [-0.4, -0.2) is 27.5 Å². The molecule has 5 nitrogen and oxygen atoms in total. The molecule has 5 rings (SSSR count). The van der Waals surface area contributed by atoms with E-state index >= 15 is 0 Å². The van der Waals surface area contributed by atoms with E-state index in [1.807, 2.05) is 66.9 Å². The number of aromatic amines is 1. The van der Waals surface area contributed by atoms with Gasteiger partial charge in [-0.15, -0.1) is 11.8 Å². The molecular formula is C24H21N3O2S. The van der Waals surface area contributed by atoms with Gasteiger partial charge in [-0.1, -0.05) is 48.5 Å². The molecule has 1 fully saturated rings. The smallest absolute Gasteiger partial charge is 0.182 e. The van der Waals surface area contributed by atoms with Gasteiger partial charge in [0.25, 0.3) is 0 Å². The molecule has 30 heavy (non-hydrogen) atoms. The molecule has 0 unspecified atom stereocenters. The molecular weight excluding hydrogens is 394 g/mol. The summed E-state index contributed by atoms with van der Waals surface area (Å²) in [5.74, 6) is 1.58. The molecule has 0 aliphatic carbocycles. The number of H-pyrrole nitrogens is 1. The van der Waals surface area contributed by atoms with Gasteiger partial charge in [0.05, 0.1) is 16.9 Å². The Morgan fingerprint density at radius 1 is 1.10 bits per heavy atom. The summed E-state index contributed by atoms with van der Waals surface area (Å²) in [6, 6.07) is 19.6. The highest BCUT2D eigenvalue weighted by Crippen LogP contribution is 2.35. The largest absolute Gasteiger partial charge is 0.487 e. The van der Waals surface area contributed by atoms with Crippen LogP contribution in [0.25, 0.3) is 10.9 Å². The van der Waals surface area contributed by atoms with Gasteiger partial charge in [-0.25, -0.2) is 0 Å². The molecule has 0 spiro atoms. The minimum Gasteiger partial charge on any atom is -0.487 e. The maximum Gasteiger partial charge on any atom is 0.182 e. The van der Waals surface area contributed by atoms with Crippen molar-refractivity contribution in [3.8, 4) is 5.75 Å². The molecule has 1 aliphatic rings. The molecule has 6 heteroatoms. The van der Waals surface area contributed by atoms with Gasteiger partial charge in [0, 0.05) is 35.3 Å². The molecule has 1 aliphatic heterocycles. The Bertz CT molecular complexity index is 1160. The maximum absolute atomic E-state index is 13.2. The highest BCUT2D eigenvalue weighted by molar-refractivity contribution is 7.99. The summed E-state index contributed by atoms with van der Waals surface area (Å²) < 4.78 is 6.03. The number of ketones is 1. The molecule has 0 bridgehead atoms. The number of pyridine rings is 1. The number of carbonyl (C=O) groups is 1. The number of ether oxygens (including phenoxy) is 1. The fourth-order valence-corrected chi connectivity index (χ4v) is 4.94. The summed E-state index contributed by atoms with van der Waals surface area (Å²) in [6.07, 6.45) is 5.40. The van der Waals surface area contributed by atoms with Gasteiger partial charge in [0.15, 0.2) is 5.78 Å². The lowest BCUT2D eigenvalue weighted by molar-refractivity contribution is 0.0957. The number of aromatic nitrogens is 2. The van der Waals surface area contributed by atoms with Crippen LogP contribution in [0.4, 0.5) is 0 Å². The van der Waals surface area contributed by atoms with Crippen LogP contribution in [0.5, 0.6) is 5.75 Å². The fraction of sp³-hybridized carbons (Fsp3) is 0.167. The SMILES string of the molecule is O=C(c1c[nH]c2c(OCc3ccccc3)cccc12)[C@@H]1CS[C@@H](c2cccnc2)N1. The van der Waals surface area contributed by atoms with Crippen molar-refractivity contribution in [1.82, 2.24) is 15.3 Å². The van der Waals surface area contributed by atoms with Crippen molar-refractivity contribution in [2.75, 3.05) is 5.75 Å². The highest BCUT2D eigenvalue weighted by Gasteiger charge is 2.32. The van der Waals surface area contributed by atoms with Gasteiger partial charge in [0.2, 0.25) is 0 Å². The van der Waals surface area contributed by atoms with Crippen LogP contribution in [-0.2, 0) is 6.61 Å². The number of hydrogen-bond acceptors (Lipinski definition) is 5. The van der Waals surface area contributed by atoms with Gasteiger partial charge in [0.1, 0.15) is 12.4 Å². The summed E-state index contributed by atoms with van der Waals surface area (Å²) >= 11 is 1.74. The first kappa shape index (κ1) is 18.9. The minimum absolute atomic E-state index is 0.0858. The van der Waals surface area contributed by atoms with Crippen LogP contribution in [0, 0.1) is 0 Å². The van der Waals surface area contributed by atoms with Crippen LogP contribution >= 0.6 is 11.8 Å². The average molecular weight is 416 g/mol. The Kier molecular flexibility index (Phi) is 5.26. The predicted octanol–water partition coefficient (Wildman–Crippen LogP) is 4.73. The van der Waals surface area contributed by atoms with Crippen LogP contribution < -0.4 is 10.1 Å². The van der Waals surface area contributed by atoms with Crippen LogP contribution in [0.3, 0.4) is 0 Å². The van der Waals surface area contributed by atoms with E-state index in [2.05, 4.69) is 15.3 Å². The van der Waals surface area contributed by atoms with E-state index in [0.717, 1.165) is 33.5 Å². The van der Waals surface area contributed by atoms with E-state index in [1.54, 1.807) is 24.2 Å². The summed E-state index contributed by atoms with van der Waals surface area (Å²) in [5.41, 5.74) is 3.74. The normalized spacial score (nSPS) is 18.5. The first-order valence-electron chi connectivity index (χ1n) is 9.88. The zero-order valence-corrected chi connectivity index (χ0v) is 17.1. The first-order valence-corrected chi connectivity index (χ1v) is 10.9. The van der Waals surface area contributed by atoms with Crippen molar-refractivity contribution >= 4 is 28.4 Å². The van der Waals surface area contributed by atoms with Crippen LogP contribution in [0.2, 0.25) is 0 Å². The number of thioether (sulfide) groups is 1. The second-order valence-electron chi connectivity index (χ2n) is 7.24. The first-order chi connectivity index (χ1) is 14.8. The van der Waals surface area contributed by atoms with E-state index in [4.69, 9.17) is 4.74 Å². The third-order valence-electron chi connectivity index (χ3n) is 5.27. The Hall–Kier alpha value is -3.09. The third kappa shape index (κ3) is 3.72. The number of para-hydroxylation sites is 1. The lowest BCUT2D eigenvalue weighted by Gasteiger charge is -2.12. The zero-order chi connectivity index (χ0) is 20.3. The van der Waals surface area contributed by atoms with Crippen molar-refractivity contribution < 1.29 is 9.53 Å². The van der Waals surface area contributed by atoms with Gasteiger partial charge in [-0.3, -0.25) is 15.1 Å². The maximum atomic E-state index is 13.2. The summed E-state index contributed by atoms with van der Waals surface area (Å²) in [5, 5.41) is 4.43. The van der Waals surface area contributed by atoms with Crippen LogP contribution in [0.1, 0.15) is 26.9 Å². The molecule has 0 amide bonds. The molecule has 2 aromatic heterocycles. The van der Waals surface area contributed by atoms with Crippen molar-refractivity contribution in [3.05, 3.63) is 95.9 Å². The molecule has 2 N–H and O–H groups in total. The summed E-state index contributed by atoms with van der Waals surface area (Å²) in [7, 11) is 0. The van der Waals surface area contributed by atoms with Crippen molar-refractivity contribution in [1.29, 1.82) is 0 Å². The number of hydrogen-bond donors (Lipinski definition) is 2. The molecule has 150 valence electrons. The number of rotatable bonds is 6. The average Bonchev–Trinajstić information content (AvgIpc) is 3.47. The van der Waals surface area contributed by atoms with Gasteiger partial charge < -0.3 is 9.72 Å². The van der Waals surface area contributed by atoms with Crippen molar-refractivity contribution in [2.24, 2.45) is 0 Å². The second kappa shape index (κ2) is 8.34. The van der Waals surface area contributed by atoms with Crippen molar-refractivity contribution in [2.45, 2.75) is 18.0 Å². The Balaban J connectivity index is 1.34. The predicted molar refractivity (Wildman–Crippen MR) is 120 cm³/mol. The van der Waals surface area contributed by atoms with Gasteiger partial charge >= 0.3 is 0 Å². The topological polar surface area (TPSA) is 67.0 Å². The van der Waals surface area contributed by atoms with E-state index < -0.39 is 0 Å². The van der Waals surface area contributed by atoms with Crippen LogP contribution in [0.15, 0.2) is 79.3 Å². The Morgan fingerprint density at radius 3 is 2.83 bits per heavy atom. The fourth-order valence-electron chi connectivity index (χ4n) is 3.72. The minimum atomic E-state index is -0.229. The molecule has 0 radical (unpaired) electrons. The molecule has 3 heterocycles. The quantitative estimate of drug-likeness (QED) is 0.446. The molecule has 4 aromatic rings. The van der Waals surface area contributed by atoms with E-state index in [9.17, 15) is 4.79 Å². The molecule has 0 saturated carbocycles. The molecule has 2 atom stereocenters. The molecule has 2 aromatic carbocycles. The Labute approximate surface area is 178 Å². The second-order valence-corrected chi connectivity index (χ2v) is 8.38. The van der Waals surface area contributed by atoms with E-state index in [0.29, 0.717) is 12.2 Å².